The third-order valence-corrected chi connectivity index (χ3v) is 4.38. The Labute approximate surface area is 150 Å². The second-order valence-corrected chi connectivity index (χ2v) is 6.51. The number of carbonyl (C=O) groups is 1. The van der Waals surface area contributed by atoms with Crippen LogP contribution in [0.15, 0.2) is 42.5 Å². The highest BCUT2D eigenvalue weighted by atomic mass is 16.5. The number of likely N-dealkylation sites (N-methyl/N-ethyl adjacent to an activating group) is 1. The van der Waals surface area contributed by atoms with Gasteiger partial charge in [-0.1, -0.05) is 24.3 Å². The van der Waals surface area contributed by atoms with Crippen LogP contribution >= 0.6 is 0 Å². The number of benzene rings is 2. The lowest BCUT2D eigenvalue weighted by Crippen LogP contribution is -2.40. The smallest absolute Gasteiger partial charge is 0.260 e. The Hall–Kier alpha value is -2.49. The molecule has 25 heavy (non-hydrogen) atoms. The normalized spacial score (nSPS) is 11.7. The van der Waals surface area contributed by atoms with Crippen LogP contribution in [0.1, 0.15) is 23.6 Å². The zero-order chi connectivity index (χ0) is 18.4. The molecule has 1 atom stereocenters. The number of hydrogen-bond donors (Lipinski definition) is 1. The van der Waals surface area contributed by atoms with Gasteiger partial charge in [0.2, 0.25) is 0 Å². The van der Waals surface area contributed by atoms with Crippen molar-refractivity contribution in [2.24, 2.45) is 0 Å². The van der Waals surface area contributed by atoms with Crippen molar-refractivity contribution in [1.29, 1.82) is 0 Å². The van der Waals surface area contributed by atoms with Crippen molar-refractivity contribution in [2.75, 3.05) is 25.0 Å². The number of carbonyl (C=O) groups excluding carboxylic acids is 1. The summed E-state index contributed by atoms with van der Waals surface area (Å²) in [6.45, 7) is 9.20. The molecule has 4 heteroatoms. The van der Waals surface area contributed by atoms with Crippen molar-refractivity contribution in [3.8, 4) is 5.75 Å². The van der Waals surface area contributed by atoms with E-state index in [1.54, 1.807) is 6.92 Å². The molecule has 0 aliphatic rings. The van der Waals surface area contributed by atoms with E-state index >= 15 is 0 Å². The lowest BCUT2D eigenvalue weighted by atomic mass is 10.1. The average molecular weight is 340 g/mol. The van der Waals surface area contributed by atoms with Crippen LogP contribution in [0.25, 0.3) is 0 Å². The van der Waals surface area contributed by atoms with Crippen molar-refractivity contribution in [1.82, 2.24) is 5.32 Å². The van der Waals surface area contributed by atoms with Crippen molar-refractivity contribution in [2.45, 2.75) is 33.8 Å². The number of ether oxygens (including phenoxy) is 1. The van der Waals surface area contributed by atoms with Crippen LogP contribution in [0, 0.1) is 20.8 Å². The summed E-state index contributed by atoms with van der Waals surface area (Å²) in [5, 5.41) is 2.95. The molecule has 0 aromatic heterocycles. The second-order valence-electron chi connectivity index (χ2n) is 6.51. The number of para-hydroxylation sites is 1. The highest BCUT2D eigenvalue weighted by Gasteiger charge is 2.16. The minimum Gasteiger partial charge on any atom is -0.481 e. The van der Waals surface area contributed by atoms with Crippen LogP contribution in [0.4, 0.5) is 5.69 Å². The molecule has 0 spiro atoms. The third kappa shape index (κ3) is 5.24. The molecule has 2 aromatic carbocycles. The Balaban J connectivity index is 1.85. The molecule has 4 nitrogen and oxygen atoms in total. The van der Waals surface area contributed by atoms with Gasteiger partial charge in [0.05, 0.1) is 0 Å². The fraction of sp³-hybridized carbons (Fsp3) is 0.381. The maximum atomic E-state index is 12.3. The van der Waals surface area contributed by atoms with E-state index in [2.05, 4.69) is 35.3 Å². The van der Waals surface area contributed by atoms with E-state index in [0.29, 0.717) is 6.54 Å². The number of hydrogen-bond acceptors (Lipinski definition) is 3. The summed E-state index contributed by atoms with van der Waals surface area (Å²) in [7, 11) is 2.01. The van der Waals surface area contributed by atoms with Crippen LogP contribution in [-0.4, -0.2) is 32.1 Å². The highest BCUT2D eigenvalue weighted by molar-refractivity contribution is 5.80. The van der Waals surface area contributed by atoms with Crippen LogP contribution in [-0.2, 0) is 4.79 Å². The molecule has 0 radical (unpaired) electrons. The van der Waals surface area contributed by atoms with E-state index in [9.17, 15) is 4.79 Å². The van der Waals surface area contributed by atoms with Crippen LogP contribution in [0.3, 0.4) is 0 Å². The molecule has 2 rings (SSSR count). The topological polar surface area (TPSA) is 41.6 Å². The van der Waals surface area contributed by atoms with Gasteiger partial charge in [-0.2, -0.15) is 0 Å². The summed E-state index contributed by atoms with van der Waals surface area (Å²) < 4.78 is 5.89. The number of aryl methyl sites for hydroxylation is 2. The van der Waals surface area contributed by atoms with Crippen LogP contribution < -0.4 is 15.0 Å². The molecule has 0 aliphatic carbocycles. The molecule has 0 fully saturated rings. The summed E-state index contributed by atoms with van der Waals surface area (Å²) >= 11 is 0. The Kier molecular flexibility index (Phi) is 6.45. The van der Waals surface area contributed by atoms with E-state index in [-0.39, 0.29) is 5.91 Å². The minimum absolute atomic E-state index is 0.0972. The molecule has 0 bridgehead atoms. The Bertz CT molecular complexity index is 713. The molecule has 2 aromatic rings. The monoisotopic (exact) mass is 340 g/mol. The van der Waals surface area contributed by atoms with Gasteiger partial charge in [0, 0.05) is 25.8 Å². The quantitative estimate of drug-likeness (QED) is 0.837. The van der Waals surface area contributed by atoms with Crippen LogP contribution in [0.5, 0.6) is 5.75 Å². The zero-order valence-electron chi connectivity index (χ0n) is 15.8. The number of amides is 1. The maximum absolute atomic E-state index is 12.3. The molecule has 1 amide bonds. The SMILES string of the molecule is Cc1cc(C)c(C)c(O[C@@H](C)C(=O)NCCN(C)c2ccccc2)c1. The standard InChI is InChI=1S/C21H28N2O2/c1-15-13-16(2)17(3)20(14-15)25-18(4)21(24)22-11-12-23(5)19-9-7-6-8-10-19/h6-10,13-14,18H,11-12H2,1-5H3,(H,22,24)/t18-/m0/s1. The van der Waals surface area contributed by atoms with E-state index in [1.807, 2.05) is 45.2 Å². The van der Waals surface area contributed by atoms with Gasteiger partial charge in [-0.3, -0.25) is 4.79 Å². The number of nitrogens with zero attached hydrogens (tertiary/aromatic N) is 1. The molecule has 0 saturated carbocycles. The number of nitrogens with one attached hydrogen (secondary N) is 1. The predicted octanol–water partition coefficient (Wildman–Crippen LogP) is 3.63. The van der Waals surface area contributed by atoms with Gasteiger partial charge in [-0.15, -0.1) is 0 Å². The molecule has 0 heterocycles. The average Bonchev–Trinajstić information content (AvgIpc) is 2.59. The van der Waals surface area contributed by atoms with E-state index in [0.717, 1.165) is 29.1 Å². The second kappa shape index (κ2) is 8.56. The molecular weight excluding hydrogens is 312 g/mol. The first-order valence-corrected chi connectivity index (χ1v) is 8.67. The largest absolute Gasteiger partial charge is 0.481 e. The molecule has 0 saturated heterocycles. The fourth-order valence-electron chi connectivity index (χ4n) is 2.67. The number of anilines is 1. The summed E-state index contributed by atoms with van der Waals surface area (Å²) in [6, 6.07) is 14.2. The zero-order valence-corrected chi connectivity index (χ0v) is 15.8. The highest BCUT2D eigenvalue weighted by Crippen LogP contribution is 2.24. The van der Waals surface area contributed by atoms with Crippen molar-refractivity contribution in [3.63, 3.8) is 0 Å². The van der Waals surface area contributed by atoms with Gasteiger partial charge in [0.1, 0.15) is 5.75 Å². The minimum atomic E-state index is -0.526. The van der Waals surface area contributed by atoms with Gasteiger partial charge in [-0.25, -0.2) is 0 Å². The first-order valence-electron chi connectivity index (χ1n) is 8.67. The van der Waals surface area contributed by atoms with Gasteiger partial charge in [0.15, 0.2) is 6.10 Å². The lowest BCUT2D eigenvalue weighted by molar-refractivity contribution is -0.127. The van der Waals surface area contributed by atoms with Gasteiger partial charge < -0.3 is 15.0 Å². The summed E-state index contributed by atoms with van der Waals surface area (Å²) in [6.07, 6.45) is -0.526. The fourth-order valence-corrected chi connectivity index (χ4v) is 2.67. The molecule has 0 aliphatic heterocycles. The Morgan fingerprint density at radius 2 is 1.84 bits per heavy atom. The lowest BCUT2D eigenvalue weighted by Gasteiger charge is -2.21. The van der Waals surface area contributed by atoms with Gasteiger partial charge in [-0.05, 0) is 62.6 Å². The molecular formula is C21H28N2O2. The summed E-state index contributed by atoms with van der Waals surface area (Å²) in [5.41, 5.74) is 4.52. The van der Waals surface area contributed by atoms with Crippen molar-refractivity contribution >= 4 is 11.6 Å². The maximum Gasteiger partial charge on any atom is 0.260 e. The summed E-state index contributed by atoms with van der Waals surface area (Å²) in [4.78, 5) is 14.4. The van der Waals surface area contributed by atoms with E-state index in [4.69, 9.17) is 4.74 Å². The molecule has 1 N–H and O–H groups in total. The summed E-state index contributed by atoms with van der Waals surface area (Å²) in [5.74, 6) is 0.682. The first-order chi connectivity index (χ1) is 11.9. The van der Waals surface area contributed by atoms with Crippen molar-refractivity contribution in [3.05, 3.63) is 59.2 Å². The van der Waals surface area contributed by atoms with Crippen LogP contribution in [0.2, 0.25) is 0 Å². The predicted molar refractivity (Wildman–Crippen MR) is 103 cm³/mol. The van der Waals surface area contributed by atoms with Crippen molar-refractivity contribution < 1.29 is 9.53 Å². The number of rotatable bonds is 7. The first kappa shape index (κ1) is 18.8. The van der Waals surface area contributed by atoms with Gasteiger partial charge >= 0.3 is 0 Å². The Morgan fingerprint density at radius 1 is 1.16 bits per heavy atom. The van der Waals surface area contributed by atoms with E-state index < -0.39 is 6.10 Å². The molecule has 134 valence electrons. The van der Waals surface area contributed by atoms with E-state index in [1.165, 1.54) is 5.56 Å². The third-order valence-electron chi connectivity index (χ3n) is 4.38. The van der Waals surface area contributed by atoms with Gasteiger partial charge in [0.25, 0.3) is 5.91 Å². The molecule has 0 unspecified atom stereocenters. The Morgan fingerprint density at radius 3 is 2.52 bits per heavy atom.